The SMILES string of the molecule is CC(NS(=O)(=O)c1ccc2c(c1)CC(=O)N2)C1CNCCO1. The van der Waals surface area contributed by atoms with Crippen LogP contribution < -0.4 is 15.4 Å². The van der Waals surface area contributed by atoms with Gasteiger partial charge in [-0.15, -0.1) is 0 Å². The minimum Gasteiger partial charge on any atom is -0.374 e. The molecule has 2 aliphatic heterocycles. The number of hydrogen-bond acceptors (Lipinski definition) is 5. The quantitative estimate of drug-likeness (QED) is 0.715. The van der Waals surface area contributed by atoms with E-state index in [-0.39, 0.29) is 29.4 Å². The van der Waals surface area contributed by atoms with Crippen LogP contribution >= 0.6 is 0 Å². The van der Waals surface area contributed by atoms with Crippen LogP contribution in [0, 0.1) is 0 Å². The van der Waals surface area contributed by atoms with Crippen molar-refractivity contribution in [1.82, 2.24) is 10.0 Å². The molecule has 2 atom stereocenters. The third kappa shape index (κ3) is 3.14. The Labute approximate surface area is 129 Å². The van der Waals surface area contributed by atoms with E-state index in [9.17, 15) is 13.2 Å². The Morgan fingerprint density at radius 2 is 2.23 bits per heavy atom. The number of carbonyl (C=O) groups is 1. The monoisotopic (exact) mass is 325 g/mol. The summed E-state index contributed by atoms with van der Waals surface area (Å²) in [7, 11) is -3.64. The molecule has 3 N–H and O–H groups in total. The van der Waals surface area contributed by atoms with Gasteiger partial charge in [0.05, 0.1) is 24.0 Å². The van der Waals surface area contributed by atoms with Gasteiger partial charge in [0.2, 0.25) is 15.9 Å². The van der Waals surface area contributed by atoms with E-state index < -0.39 is 10.0 Å². The zero-order chi connectivity index (χ0) is 15.7. The third-order valence-electron chi connectivity index (χ3n) is 3.87. The van der Waals surface area contributed by atoms with Crippen molar-refractivity contribution in [3.8, 4) is 0 Å². The second-order valence-electron chi connectivity index (χ2n) is 5.57. The number of nitrogens with one attached hydrogen (secondary N) is 3. The van der Waals surface area contributed by atoms with E-state index in [0.29, 0.717) is 24.4 Å². The number of fused-ring (bicyclic) bond motifs is 1. The molecule has 3 rings (SSSR count). The van der Waals surface area contributed by atoms with Crippen molar-refractivity contribution >= 4 is 21.6 Å². The third-order valence-corrected chi connectivity index (χ3v) is 5.42. The summed E-state index contributed by atoms with van der Waals surface area (Å²) < 4.78 is 33.2. The summed E-state index contributed by atoms with van der Waals surface area (Å²) in [5.74, 6) is -0.118. The first-order chi connectivity index (χ1) is 10.5. The maximum Gasteiger partial charge on any atom is 0.240 e. The highest BCUT2D eigenvalue weighted by molar-refractivity contribution is 7.89. The van der Waals surface area contributed by atoms with Crippen LogP contribution in [0.3, 0.4) is 0 Å². The van der Waals surface area contributed by atoms with Gasteiger partial charge >= 0.3 is 0 Å². The molecule has 1 aromatic rings. The van der Waals surface area contributed by atoms with Crippen LogP contribution in [0.2, 0.25) is 0 Å². The number of morpholine rings is 1. The first-order valence-electron chi connectivity index (χ1n) is 7.23. The van der Waals surface area contributed by atoms with E-state index in [4.69, 9.17) is 4.74 Å². The summed E-state index contributed by atoms with van der Waals surface area (Å²) in [4.78, 5) is 11.5. The van der Waals surface area contributed by atoms with Crippen molar-refractivity contribution in [3.05, 3.63) is 23.8 Å². The molecule has 0 radical (unpaired) electrons. The predicted octanol–water partition coefficient (Wildman–Crippen LogP) is -0.164. The minimum absolute atomic E-state index is 0.118. The Bertz CT molecular complexity index is 683. The molecule has 0 saturated carbocycles. The Morgan fingerprint density at radius 1 is 1.41 bits per heavy atom. The Hall–Kier alpha value is -1.48. The largest absolute Gasteiger partial charge is 0.374 e. The summed E-state index contributed by atoms with van der Waals surface area (Å²) in [6.07, 6.45) is 0.0189. The van der Waals surface area contributed by atoms with Gasteiger partial charge in [0.15, 0.2) is 0 Å². The van der Waals surface area contributed by atoms with Crippen molar-refractivity contribution < 1.29 is 17.9 Å². The summed E-state index contributed by atoms with van der Waals surface area (Å²) in [6, 6.07) is 4.32. The normalized spacial score (nSPS) is 23.0. The van der Waals surface area contributed by atoms with Crippen LogP contribution in [-0.2, 0) is 26.0 Å². The molecular formula is C14H19N3O4S. The van der Waals surface area contributed by atoms with Gasteiger partial charge in [-0.1, -0.05) is 0 Å². The number of carbonyl (C=O) groups excluding carboxylic acids is 1. The predicted molar refractivity (Wildman–Crippen MR) is 81.2 cm³/mol. The number of amides is 1. The number of rotatable bonds is 4. The maximum absolute atomic E-state index is 12.5. The molecule has 120 valence electrons. The number of sulfonamides is 1. The second kappa shape index (κ2) is 5.96. The summed E-state index contributed by atoms with van der Waals surface area (Å²) in [5.41, 5.74) is 1.38. The van der Waals surface area contributed by atoms with Crippen LogP contribution in [0.4, 0.5) is 5.69 Å². The number of benzene rings is 1. The lowest BCUT2D eigenvalue weighted by atomic mass is 10.2. The molecule has 2 unspecified atom stereocenters. The second-order valence-corrected chi connectivity index (χ2v) is 7.28. The molecule has 0 aliphatic carbocycles. The standard InChI is InChI=1S/C14H19N3O4S/c1-9(13-8-15-4-5-21-13)17-22(19,20)11-2-3-12-10(6-11)7-14(18)16-12/h2-3,6,9,13,15,17H,4-5,7-8H2,1H3,(H,16,18). The average Bonchev–Trinajstić information content (AvgIpc) is 2.86. The first-order valence-corrected chi connectivity index (χ1v) is 8.71. The highest BCUT2D eigenvalue weighted by Gasteiger charge is 2.27. The van der Waals surface area contributed by atoms with Gasteiger partial charge < -0.3 is 15.4 Å². The van der Waals surface area contributed by atoms with E-state index in [1.54, 1.807) is 19.1 Å². The summed E-state index contributed by atoms with van der Waals surface area (Å²) in [5, 5.41) is 5.86. The fourth-order valence-corrected chi connectivity index (χ4v) is 3.99. The van der Waals surface area contributed by atoms with Crippen molar-refractivity contribution in [1.29, 1.82) is 0 Å². The van der Waals surface area contributed by atoms with Crippen LogP contribution in [0.1, 0.15) is 12.5 Å². The Morgan fingerprint density at radius 3 is 2.95 bits per heavy atom. The molecule has 2 heterocycles. The van der Waals surface area contributed by atoms with E-state index >= 15 is 0 Å². The topological polar surface area (TPSA) is 96.5 Å². The zero-order valence-corrected chi connectivity index (χ0v) is 13.1. The summed E-state index contributed by atoms with van der Waals surface area (Å²) in [6.45, 7) is 3.76. The van der Waals surface area contributed by atoms with E-state index in [1.807, 2.05) is 0 Å². The molecule has 8 heteroatoms. The molecule has 1 saturated heterocycles. The molecule has 2 aliphatic rings. The Kier molecular flexibility index (Phi) is 4.18. The summed E-state index contributed by atoms with van der Waals surface area (Å²) >= 11 is 0. The average molecular weight is 325 g/mol. The first kappa shape index (κ1) is 15.4. The molecular weight excluding hydrogens is 306 g/mol. The highest BCUT2D eigenvalue weighted by Crippen LogP contribution is 2.25. The molecule has 1 fully saturated rings. The van der Waals surface area contributed by atoms with Gasteiger partial charge in [-0.3, -0.25) is 4.79 Å². The van der Waals surface area contributed by atoms with E-state index in [2.05, 4.69) is 15.4 Å². The lowest BCUT2D eigenvalue weighted by Gasteiger charge is -2.29. The van der Waals surface area contributed by atoms with Gasteiger partial charge in [0.25, 0.3) is 0 Å². The van der Waals surface area contributed by atoms with Gasteiger partial charge in [0.1, 0.15) is 0 Å². The van der Waals surface area contributed by atoms with E-state index in [1.165, 1.54) is 6.07 Å². The number of anilines is 1. The van der Waals surface area contributed by atoms with Crippen molar-refractivity contribution in [2.75, 3.05) is 25.0 Å². The lowest BCUT2D eigenvalue weighted by molar-refractivity contribution is -0.115. The van der Waals surface area contributed by atoms with Gasteiger partial charge in [-0.05, 0) is 30.7 Å². The smallest absolute Gasteiger partial charge is 0.240 e. The van der Waals surface area contributed by atoms with Crippen LogP contribution in [0.15, 0.2) is 23.1 Å². The van der Waals surface area contributed by atoms with Crippen LogP contribution in [0.25, 0.3) is 0 Å². The van der Waals surface area contributed by atoms with Crippen molar-refractivity contribution in [2.24, 2.45) is 0 Å². The van der Waals surface area contributed by atoms with Crippen molar-refractivity contribution in [2.45, 2.75) is 30.4 Å². The fourth-order valence-electron chi connectivity index (χ4n) is 2.67. The van der Waals surface area contributed by atoms with Crippen LogP contribution in [0.5, 0.6) is 0 Å². The minimum atomic E-state index is -3.64. The molecule has 0 spiro atoms. The zero-order valence-electron chi connectivity index (χ0n) is 12.3. The van der Waals surface area contributed by atoms with Crippen molar-refractivity contribution in [3.63, 3.8) is 0 Å². The van der Waals surface area contributed by atoms with Crippen LogP contribution in [-0.4, -0.2) is 46.2 Å². The highest BCUT2D eigenvalue weighted by atomic mass is 32.2. The van der Waals surface area contributed by atoms with Gasteiger partial charge in [-0.2, -0.15) is 0 Å². The molecule has 7 nitrogen and oxygen atoms in total. The lowest BCUT2D eigenvalue weighted by Crippen LogP contribution is -2.50. The molecule has 0 bridgehead atoms. The molecule has 1 amide bonds. The van der Waals surface area contributed by atoms with E-state index in [0.717, 1.165) is 6.54 Å². The van der Waals surface area contributed by atoms with Gasteiger partial charge in [0, 0.05) is 24.8 Å². The molecule has 1 aromatic carbocycles. The molecule has 0 aromatic heterocycles. The van der Waals surface area contributed by atoms with Gasteiger partial charge in [-0.25, -0.2) is 13.1 Å². The number of ether oxygens (including phenoxy) is 1. The fraction of sp³-hybridized carbons (Fsp3) is 0.500. The Balaban J connectivity index is 1.75. The maximum atomic E-state index is 12.5. The molecule has 22 heavy (non-hydrogen) atoms. The number of hydrogen-bond donors (Lipinski definition) is 3.